The maximum atomic E-state index is 11.8. The quantitative estimate of drug-likeness (QED) is 0.851. The predicted molar refractivity (Wildman–Crippen MR) is 69.7 cm³/mol. The number of aromatic nitrogens is 1. The van der Waals surface area contributed by atoms with Crippen molar-refractivity contribution >= 4 is 37.8 Å². The molecule has 5 heteroatoms. The van der Waals surface area contributed by atoms with Gasteiger partial charge < -0.3 is 5.32 Å². The van der Waals surface area contributed by atoms with Crippen LogP contribution in [0.5, 0.6) is 0 Å². The van der Waals surface area contributed by atoms with Crippen LogP contribution in [0, 0.1) is 5.92 Å². The Labute approximate surface area is 111 Å². The van der Waals surface area contributed by atoms with Crippen LogP contribution < -0.4 is 5.32 Å². The van der Waals surface area contributed by atoms with Crippen molar-refractivity contribution in [1.82, 2.24) is 10.3 Å². The number of hydrogen-bond acceptors (Lipinski definition) is 2. The molecule has 1 aliphatic carbocycles. The molecule has 3 nitrogen and oxygen atoms in total. The van der Waals surface area contributed by atoms with Gasteiger partial charge >= 0.3 is 0 Å². The summed E-state index contributed by atoms with van der Waals surface area (Å²) in [6.45, 7) is 0.659. The Morgan fingerprint density at radius 2 is 2.38 bits per heavy atom. The van der Waals surface area contributed by atoms with E-state index in [1.165, 1.54) is 12.8 Å². The summed E-state index contributed by atoms with van der Waals surface area (Å²) in [5.74, 6) is 0.602. The highest BCUT2D eigenvalue weighted by atomic mass is 79.9. The van der Waals surface area contributed by atoms with Crippen LogP contribution in [-0.4, -0.2) is 22.3 Å². The Hall–Kier alpha value is -0.420. The van der Waals surface area contributed by atoms with Crippen LogP contribution in [0.15, 0.2) is 22.8 Å². The second-order valence-corrected chi connectivity index (χ2v) is 5.93. The second-order valence-electron chi connectivity index (χ2n) is 3.90. The van der Waals surface area contributed by atoms with Crippen LogP contribution in [-0.2, 0) is 0 Å². The lowest BCUT2D eigenvalue weighted by molar-refractivity contribution is 0.0947. The minimum atomic E-state index is -0.127. The topological polar surface area (TPSA) is 42.0 Å². The molecule has 0 aliphatic heterocycles. The van der Waals surface area contributed by atoms with E-state index >= 15 is 0 Å². The summed E-state index contributed by atoms with van der Waals surface area (Å²) in [4.78, 5) is 16.2. The summed E-state index contributed by atoms with van der Waals surface area (Å²) in [5, 5.41) is 2.88. The van der Waals surface area contributed by atoms with Crippen molar-refractivity contribution in [3.63, 3.8) is 0 Å². The van der Waals surface area contributed by atoms with E-state index in [1.807, 2.05) is 6.07 Å². The molecule has 0 spiro atoms. The summed E-state index contributed by atoms with van der Waals surface area (Å²) in [5.41, 5.74) is 0.443. The summed E-state index contributed by atoms with van der Waals surface area (Å²) < 4.78 is 0.727. The molecule has 0 saturated heterocycles. The molecule has 1 amide bonds. The van der Waals surface area contributed by atoms with Gasteiger partial charge in [-0.15, -0.1) is 0 Å². The third-order valence-corrected chi connectivity index (χ3v) is 4.28. The van der Waals surface area contributed by atoms with Gasteiger partial charge in [-0.05, 0) is 46.8 Å². The summed E-state index contributed by atoms with van der Waals surface area (Å²) in [7, 11) is 0. The lowest BCUT2D eigenvalue weighted by Crippen LogP contribution is -2.31. The van der Waals surface area contributed by atoms with E-state index in [1.54, 1.807) is 12.3 Å². The molecule has 1 atom stereocenters. The van der Waals surface area contributed by atoms with Crippen molar-refractivity contribution in [3.8, 4) is 0 Å². The van der Waals surface area contributed by atoms with Gasteiger partial charge in [-0.1, -0.05) is 15.9 Å². The van der Waals surface area contributed by atoms with Crippen LogP contribution in [0.25, 0.3) is 0 Å². The normalized spacial score (nSPS) is 16.9. The molecule has 1 N–H and O–H groups in total. The van der Waals surface area contributed by atoms with Gasteiger partial charge in [0.15, 0.2) is 0 Å². The molecule has 1 fully saturated rings. The molecule has 1 aromatic heterocycles. The largest absolute Gasteiger partial charge is 0.350 e. The van der Waals surface area contributed by atoms with Crippen molar-refractivity contribution in [1.29, 1.82) is 0 Å². The van der Waals surface area contributed by atoms with Crippen molar-refractivity contribution in [3.05, 3.63) is 28.5 Å². The number of nitrogens with zero attached hydrogens (tertiary/aromatic N) is 1. The Morgan fingerprint density at radius 3 is 3.00 bits per heavy atom. The first-order valence-corrected chi connectivity index (χ1v) is 6.92. The number of hydrogen-bond donors (Lipinski definition) is 1. The molecular formula is C11H12Br2N2O. The van der Waals surface area contributed by atoms with E-state index in [-0.39, 0.29) is 5.91 Å². The SMILES string of the molecule is O=C(NCC(Br)C1CC1)c1ncccc1Br. The molecule has 1 heterocycles. The smallest absolute Gasteiger partial charge is 0.271 e. The van der Waals surface area contributed by atoms with Gasteiger partial charge in [-0.2, -0.15) is 0 Å². The van der Waals surface area contributed by atoms with Crippen molar-refractivity contribution < 1.29 is 4.79 Å². The molecule has 86 valence electrons. The molecule has 1 saturated carbocycles. The fraction of sp³-hybridized carbons (Fsp3) is 0.455. The maximum absolute atomic E-state index is 11.8. The Balaban J connectivity index is 1.90. The van der Waals surface area contributed by atoms with Gasteiger partial charge in [0.1, 0.15) is 5.69 Å². The number of halogens is 2. The van der Waals surface area contributed by atoms with Crippen LogP contribution >= 0.6 is 31.9 Å². The van der Waals surface area contributed by atoms with Crippen molar-refractivity contribution in [2.24, 2.45) is 5.92 Å². The standard InChI is InChI=1S/C11H12Br2N2O/c12-8-2-1-5-14-10(8)11(16)15-6-9(13)7-3-4-7/h1-2,5,7,9H,3-4,6H2,(H,15,16). The third-order valence-electron chi connectivity index (χ3n) is 2.56. The molecule has 1 aromatic rings. The van der Waals surface area contributed by atoms with Gasteiger partial charge in [0, 0.05) is 22.0 Å². The summed E-state index contributed by atoms with van der Waals surface area (Å²) >= 11 is 6.89. The number of pyridine rings is 1. The number of carbonyl (C=O) groups is 1. The van der Waals surface area contributed by atoms with Gasteiger partial charge in [0.05, 0.1) is 0 Å². The molecule has 16 heavy (non-hydrogen) atoms. The van der Waals surface area contributed by atoms with E-state index < -0.39 is 0 Å². The van der Waals surface area contributed by atoms with Gasteiger partial charge in [0.25, 0.3) is 5.91 Å². The molecule has 0 radical (unpaired) electrons. The Kier molecular flexibility index (Phi) is 3.97. The van der Waals surface area contributed by atoms with Crippen molar-refractivity contribution in [2.75, 3.05) is 6.54 Å². The maximum Gasteiger partial charge on any atom is 0.271 e. The highest BCUT2D eigenvalue weighted by Gasteiger charge is 2.29. The number of alkyl halides is 1. The zero-order valence-electron chi connectivity index (χ0n) is 8.62. The first-order valence-electron chi connectivity index (χ1n) is 5.21. The van der Waals surface area contributed by atoms with Crippen LogP contribution in [0.3, 0.4) is 0 Å². The average Bonchev–Trinajstić information content (AvgIpc) is 3.10. The third kappa shape index (κ3) is 3.04. The van der Waals surface area contributed by atoms with E-state index in [9.17, 15) is 4.79 Å². The number of nitrogens with one attached hydrogen (secondary N) is 1. The van der Waals surface area contributed by atoms with Crippen LogP contribution in [0.1, 0.15) is 23.3 Å². The van der Waals surface area contributed by atoms with E-state index in [0.717, 1.165) is 10.4 Å². The number of rotatable bonds is 4. The van der Waals surface area contributed by atoms with Gasteiger partial charge in [-0.25, -0.2) is 4.98 Å². The lowest BCUT2D eigenvalue weighted by atomic mass is 10.3. The molecular weight excluding hydrogens is 336 g/mol. The average molecular weight is 348 g/mol. The van der Waals surface area contributed by atoms with Gasteiger partial charge in [-0.3, -0.25) is 4.79 Å². The predicted octanol–water partition coefficient (Wildman–Crippen LogP) is 2.75. The molecule has 2 rings (SSSR count). The second kappa shape index (κ2) is 5.27. The first kappa shape index (κ1) is 12.0. The zero-order chi connectivity index (χ0) is 11.5. The highest BCUT2D eigenvalue weighted by Crippen LogP contribution is 2.36. The van der Waals surface area contributed by atoms with Crippen molar-refractivity contribution in [2.45, 2.75) is 17.7 Å². The Morgan fingerprint density at radius 1 is 1.62 bits per heavy atom. The minimum Gasteiger partial charge on any atom is -0.350 e. The Bertz CT molecular complexity index is 393. The summed E-state index contributed by atoms with van der Waals surface area (Å²) in [6.07, 6.45) is 4.14. The van der Waals surface area contributed by atoms with Crippen LogP contribution in [0.4, 0.5) is 0 Å². The molecule has 1 unspecified atom stereocenters. The molecule has 1 aliphatic rings. The number of carbonyl (C=O) groups excluding carboxylic acids is 1. The van der Waals surface area contributed by atoms with Crippen LogP contribution in [0.2, 0.25) is 0 Å². The summed E-state index contributed by atoms with van der Waals surface area (Å²) in [6, 6.07) is 3.60. The monoisotopic (exact) mass is 346 g/mol. The fourth-order valence-electron chi connectivity index (χ4n) is 1.45. The minimum absolute atomic E-state index is 0.127. The van der Waals surface area contributed by atoms with E-state index in [0.29, 0.717) is 17.1 Å². The lowest BCUT2D eigenvalue weighted by Gasteiger charge is -2.10. The number of amides is 1. The van der Waals surface area contributed by atoms with E-state index in [2.05, 4.69) is 42.2 Å². The first-order chi connectivity index (χ1) is 7.68. The molecule has 0 aromatic carbocycles. The highest BCUT2D eigenvalue weighted by molar-refractivity contribution is 9.10. The van der Waals surface area contributed by atoms with Gasteiger partial charge in [0.2, 0.25) is 0 Å². The molecule has 0 bridgehead atoms. The zero-order valence-corrected chi connectivity index (χ0v) is 11.8. The van der Waals surface area contributed by atoms with E-state index in [4.69, 9.17) is 0 Å². The fourth-order valence-corrected chi connectivity index (χ4v) is 2.58.